The van der Waals surface area contributed by atoms with Crippen molar-refractivity contribution in [2.75, 3.05) is 18.4 Å². The number of carbonyl (C=O) groups is 2. The summed E-state index contributed by atoms with van der Waals surface area (Å²) in [6.07, 6.45) is 0.399. The predicted octanol–water partition coefficient (Wildman–Crippen LogP) is 3.02. The molecule has 2 aromatic rings. The number of hydrogen-bond acceptors (Lipinski definition) is 4. The molecule has 174 valence electrons. The number of likely N-dealkylation sites (tertiary alicyclic amines) is 1. The molecule has 1 aliphatic rings. The van der Waals surface area contributed by atoms with E-state index in [2.05, 4.69) is 22.7 Å². The third-order valence-electron chi connectivity index (χ3n) is 5.36. The van der Waals surface area contributed by atoms with Gasteiger partial charge >= 0.3 is 12.2 Å². The number of benzene rings is 1. The maximum Gasteiger partial charge on any atom is 0.416 e. The van der Waals surface area contributed by atoms with Crippen LogP contribution < -0.4 is 16.4 Å². The molecule has 3 rings (SSSR count). The molecule has 0 spiro atoms. The van der Waals surface area contributed by atoms with Crippen LogP contribution >= 0.6 is 0 Å². The standard InChI is InChI=1S/C21H27F3N6O2/c1-13-4-3-5-30(11-13)19(31)18(15-10-26-29(2)12-15)28-20(32)27-17-7-14(9-25)6-16(8-17)21(22,23)24/h6-8,10,12-13,18H,3-5,9,11,25H2,1-2H3,(H2,27,28,32). The number of amides is 3. The summed E-state index contributed by atoms with van der Waals surface area (Å²) >= 11 is 0. The maximum absolute atomic E-state index is 13.2. The Morgan fingerprint density at radius 3 is 2.66 bits per heavy atom. The van der Waals surface area contributed by atoms with Crippen LogP contribution in [0.5, 0.6) is 0 Å². The lowest BCUT2D eigenvalue weighted by Gasteiger charge is -2.33. The van der Waals surface area contributed by atoms with Crippen molar-refractivity contribution >= 4 is 17.6 Å². The molecule has 32 heavy (non-hydrogen) atoms. The van der Waals surface area contributed by atoms with Crippen LogP contribution in [0.3, 0.4) is 0 Å². The molecule has 8 nitrogen and oxygen atoms in total. The van der Waals surface area contributed by atoms with Crippen molar-refractivity contribution in [3.8, 4) is 0 Å². The molecule has 1 saturated heterocycles. The molecule has 0 saturated carbocycles. The van der Waals surface area contributed by atoms with E-state index in [-0.39, 0.29) is 23.7 Å². The number of aromatic nitrogens is 2. The highest BCUT2D eigenvalue weighted by Crippen LogP contribution is 2.32. The number of urea groups is 1. The van der Waals surface area contributed by atoms with E-state index in [4.69, 9.17) is 5.73 Å². The average molecular weight is 452 g/mol. The Kier molecular flexibility index (Phi) is 7.07. The highest BCUT2D eigenvalue weighted by atomic mass is 19.4. The van der Waals surface area contributed by atoms with Crippen LogP contribution in [0.2, 0.25) is 0 Å². The van der Waals surface area contributed by atoms with Gasteiger partial charge in [-0.1, -0.05) is 6.92 Å². The van der Waals surface area contributed by atoms with Gasteiger partial charge in [-0.25, -0.2) is 4.79 Å². The van der Waals surface area contributed by atoms with E-state index in [1.807, 2.05) is 0 Å². The first-order chi connectivity index (χ1) is 15.1. The molecule has 1 fully saturated rings. The fraction of sp³-hybridized carbons (Fsp3) is 0.476. The van der Waals surface area contributed by atoms with E-state index in [1.165, 1.54) is 16.9 Å². The Morgan fingerprint density at radius 2 is 2.06 bits per heavy atom. The Hall–Kier alpha value is -3.08. The summed E-state index contributed by atoms with van der Waals surface area (Å²) in [5, 5.41) is 9.06. The highest BCUT2D eigenvalue weighted by molar-refractivity contribution is 5.94. The molecule has 1 aliphatic heterocycles. The summed E-state index contributed by atoms with van der Waals surface area (Å²) in [6.45, 7) is 3.09. The van der Waals surface area contributed by atoms with E-state index in [0.29, 0.717) is 24.6 Å². The molecular formula is C21H27F3N6O2. The zero-order valence-electron chi connectivity index (χ0n) is 17.9. The van der Waals surface area contributed by atoms with Crippen molar-refractivity contribution < 1.29 is 22.8 Å². The molecule has 0 bridgehead atoms. The second kappa shape index (κ2) is 9.60. The first kappa shape index (κ1) is 23.6. The van der Waals surface area contributed by atoms with Crippen LogP contribution in [0.25, 0.3) is 0 Å². The normalized spacial score (nSPS) is 17.7. The van der Waals surface area contributed by atoms with Gasteiger partial charge in [0.1, 0.15) is 6.04 Å². The van der Waals surface area contributed by atoms with Crippen molar-refractivity contribution in [2.45, 2.75) is 38.5 Å². The van der Waals surface area contributed by atoms with E-state index >= 15 is 0 Å². The lowest BCUT2D eigenvalue weighted by molar-refractivity contribution is -0.137. The Morgan fingerprint density at radius 1 is 1.31 bits per heavy atom. The molecule has 11 heteroatoms. The van der Waals surface area contributed by atoms with Gasteiger partial charge in [0.05, 0.1) is 11.8 Å². The minimum Gasteiger partial charge on any atom is -0.340 e. The third-order valence-corrected chi connectivity index (χ3v) is 5.36. The number of anilines is 1. The van der Waals surface area contributed by atoms with Crippen LogP contribution in [0.1, 0.15) is 42.5 Å². The Labute approximate surface area is 183 Å². The number of nitrogens with zero attached hydrogens (tertiary/aromatic N) is 3. The van der Waals surface area contributed by atoms with Gasteiger partial charge in [0, 0.05) is 44.1 Å². The molecule has 4 N–H and O–H groups in total. The first-order valence-corrected chi connectivity index (χ1v) is 10.3. The first-order valence-electron chi connectivity index (χ1n) is 10.3. The van der Waals surface area contributed by atoms with Crippen LogP contribution in [-0.2, 0) is 24.6 Å². The van der Waals surface area contributed by atoms with Gasteiger partial charge in [0.25, 0.3) is 0 Å². The van der Waals surface area contributed by atoms with Crippen LogP contribution in [-0.4, -0.2) is 39.7 Å². The van der Waals surface area contributed by atoms with Gasteiger partial charge in [0.15, 0.2) is 0 Å². The second-order valence-corrected chi connectivity index (χ2v) is 8.13. The lowest BCUT2D eigenvalue weighted by atomic mass is 9.99. The molecule has 3 amide bonds. The average Bonchev–Trinajstić information content (AvgIpc) is 3.16. The molecule has 2 heterocycles. The zero-order valence-corrected chi connectivity index (χ0v) is 17.9. The minimum atomic E-state index is -4.59. The number of nitrogens with one attached hydrogen (secondary N) is 2. The molecule has 2 atom stereocenters. The van der Waals surface area contributed by atoms with Gasteiger partial charge in [-0.3, -0.25) is 9.48 Å². The molecule has 0 radical (unpaired) electrons. The van der Waals surface area contributed by atoms with Gasteiger partial charge in [-0.05, 0) is 42.5 Å². The van der Waals surface area contributed by atoms with E-state index in [1.54, 1.807) is 18.1 Å². The van der Waals surface area contributed by atoms with E-state index in [0.717, 1.165) is 25.0 Å². The van der Waals surface area contributed by atoms with Gasteiger partial charge in [0.2, 0.25) is 5.91 Å². The SMILES string of the molecule is CC1CCCN(C(=O)C(NC(=O)Nc2cc(CN)cc(C(F)(F)F)c2)c2cnn(C)c2)C1. The maximum atomic E-state index is 13.2. The molecule has 1 aromatic heterocycles. The van der Waals surface area contributed by atoms with Crippen LogP contribution in [0.4, 0.5) is 23.7 Å². The monoisotopic (exact) mass is 452 g/mol. The molecular weight excluding hydrogens is 425 g/mol. The topological polar surface area (TPSA) is 105 Å². The van der Waals surface area contributed by atoms with Crippen molar-refractivity contribution in [2.24, 2.45) is 18.7 Å². The summed E-state index contributed by atoms with van der Waals surface area (Å²) in [7, 11) is 1.69. The molecule has 2 unspecified atom stereocenters. The number of rotatable bonds is 5. The van der Waals surface area contributed by atoms with E-state index in [9.17, 15) is 22.8 Å². The highest BCUT2D eigenvalue weighted by Gasteiger charge is 2.33. The largest absolute Gasteiger partial charge is 0.416 e. The number of alkyl halides is 3. The van der Waals surface area contributed by atoms with Gasteiger partial charge < -0.3 is 21.3 Å². The van der Waals surface area contributed by atoms with Crippen molar-refractivity contribution in [1.29, 1.82) is 0 Å². The predicted molar refractivity (Wildman–Crippen MR) is 112 cm³/mol. The van der Waals surface area contributed by atoms with Gasteiger partial charge in [-0.2, -0.15) is 18.3 Å². The number of halogens is 3. The number of hydrogen-bond donors (Lipinski definition) is 3. The third kappa shape index (κ3) is 5.78. The number of nitrogens with two attached hydrogens (primary N) is 1. The zero-order chi connectivity index (χ0) is 23.5. The molecule has 1 aromatic carbocycles. The lowest BCUT2D eigenvalue weighted by Crippen LogP contribution is -2.47. The van der Waals surface area contributed by atoms with Crippen molar-refractivity contribution in [3.63, 3.8) is 0 Å². The smallest absolute Gasteiger partial charge is 0.340 e. The fourth-order valence-electron chi connectivity index (χ4n) is 3.79. The minimum absolute atomic E-state index is 0.0678. The summed E-state index contributed by atoms with van der Waals surface area (Å²) in [6, 6.07) is 1.30. The number of aryl methyl sites for hydroxylation is 1. The van der Waals surface area contributed by atoms with Crippen molar-refractivity contribution in [3.05, 3.63) is 47.3 Å². The Balaban J connectivity index is 1.81. The summed E-state index contributed by atoms with van der Waals surface area (Å²) < 4.78 is 41.0. The molecule has 0 aliphatic carbocycles. The summed E-state index contributed by atoms with van der Waals surface area (Å²) in [5.74, 6) is 0.0576. The summed E-state index contributed by atoms with van der Waals surface area (Å²) in [5.41, 5.74) is 5.22. The fourth-order valence-corrected chi connectivity index (χ4v) is 3.79. The van der Waals surface area contributed by atoms with E-state index < -0.39 is 23.8 Å². The number of piperidine rings is 1. The number of carbonyl (C=O) groups excluding carboxylic acids is 2. The van der Waals surface area contributed by atoms with Gasteiger partial charge in [-0.15, -0.1) is 0 Å². The van der Waals surface area contributed by atoms with Crippen LogP contribution in [0.15, 0.2) is 30.6 Å². The summed E-state index contributed by atoms with van der Waals surface area (Å²) in [4.78, 5) is 27.6. The van der Waals surface area contributed by atoms with Crippen molar-refractivity contribution in [1.82, 2.24) is 20.0 Å². The van der Waals surface area contributed by atoms with Crippen LogP contribution in [0, 0.1) is 5.92 Å². The quantitative estimate of drug-likeness (QED) is 0.649. The second-order valence-electron chi connectivity index (χ2n) is 8.13. The Bertz CT molecular complexity index is 975.